The molecule has 1 aromatic carbocycles. The van der Waals surface area contributed by atoms with E-state index in [1.165, 1.54) is 28.2 Å². The second kappa shape index (κ2) is 9.53. The molecule has 2 aromatic heterocycles. The highest BCUT2D eigenvalue weighted by molar-refractivity contribution is 7.22. The summed E-state index contributed by atoms with van der Waals surface area (Å²) in [5.74, 6) is -0.319. The summed E-state index contributed by atoms with van der Waals surface area (Å²) in [7, 11) is 0. The van der Waals surface area contributed by atoms with Gasteiger partial charge in [-0.05, 0) is 51.3 Å². The van der Waals surface area contributed by atoms with Crippen LogP contribution in [0.1, 0.15) is 61.6 Å². The lowest BCUT2D eigenvalue weighted by Gasteiger charge is -2.19. The van der Waals surface area contributed by atoms with E-state index in [1.54, 1.807) is 26.2 Å². The monoisotopic (exact) mass is 446 g/mol. The SMILES string of the molecule is CCCCc1ccc2nc(NC(=O)c3csc(CNC(=O)OC(C)(C)C)n3)sc2c1. The maximum absolute atomic E-state index is 12.5. The van der Waals surface area contributed by atoms with Crippen LogP contribution >= 0.6 is 22.7 Å². The summed E-state index contributed by atoms with van der Waals surface area (Å²) in [6.07, 6.45) is 2.84. The number of rotatable bonds is 7. The molecule has 3 rings (SSSR count). The number of aromatic nitrogens is 2. The number of anilines is 1. The van der Waals surface area contributed by atoms with Gasteiger partial charge in [0.05, 0.1) is 16.8 Å². The molecule has 30 heavy (non-hydrogen) atoms. The molecule has 0 saturated heterocycles. The predicted octanol–water partition coefficient (Wildman–Crippen LogP) is 5.37. The molecular formula is C21H26N4O3S2. The van der Waals surface area contributed by atoms with Gasteiger partial charge in [0, 0.05) is 5.38 Å². The normalized spacial score (nSPS) is 11.5. The molecule has 3 aromatic rings. The van der Waals surface area contributed by atoms with Gasteiger partial charge in [-0.1, -0.05) is 30.7 Å². The first-order valence-electron chi connectivity index (χ1n) is 9.85. The summed E-state index contributed by atoms with van der Waals surface area (Å²) in [6.45, 7) is 7.77. The van der Waals surface area contributed by atoms with E-state index in [0.717, 1.165) is 29.5 Å². The molecule has 7 nitrogen and oxygen atoms in total. The van der Waals surface area contributed by atoms with Crippen molar-refractivity contribution >= 4 is 50.0 Å². The lowest BCUT2D eigenvalue weighted by atomic mass is 10.1. The van der Waals surface area contributed by atoms with Gasteiger partial charge in [-0.3, -0.25) is 10.1 Å². The number of hydrogen-bond donors (Lipinski definition) is 2. The Balaban J connectivity index is 1.59. The third kappa shape index (κ3) is 6.24. The molecule has 0 spiro atoms. The highest BCUT2D eigenvalue weighted by Gasteiger charge is 2.17. The van der Waals surface area contributed by atoms with E-state index < -0.39 is 11.7 Å². The summed E-state index contributed by atoms with van der Waals surface area (Å²) < 4.78 is 6.25. The summed E-state index contributed by atoms with van der Waals surface area (Å²) in [4.78, 5) is 33.0. The van der Waals surface area contributed by atoms with Gasteiger partial charge in [-0.25, -0.2) is 14.8 Å². The van der Waals surface area contributed by atoms with Gasteiger partial charge in [0.15, 0.2) is 5.13 Å². The van der Waals surface area contributed by atoms with Crippen LogP contribution in [0.4, 0.5) is 9.93 Å². The van der Waals surface area contributed by atoms with Gasteiger partial charge >= 0.3 is 6.09 Å². The number of carbonyl (C=O) groups excluding carboxylic acids is 2. The number of nitrogens with one attached hydrogen (secondary N) is 2. The molecule has 0 radical (unpaired) electrons. The number of alkyl carbamates (subject to hydrolysis) is 1. The Hall–Kier alpha value is -2.52. The van der Waals surface area contributed by atoms with Crippen molar-refractivity contribution in [2.24, 2.45) is 0 Å². The van der Waals surface area contributed by atoms with E-state index in [9.17, 15) is 9.59 Å². The van der Waals surface area contributed by atoms with Crippen molar-refractivity contribution < 1.29 is 14.3 Å². The molecule has 2 N–H and O–H groups in total. The van der Waals surface area contributed by atoms with Gasteiger partial charge < -0.3 is 10.1 Å². The van der Waals surface area contributed by atoms with Crippen molar-refractivity contribution in [3.63, 3.8) is 0 Å². The van der Waals surface area contributed by atoms with Gasteiger partial charge in [0.2, 0.25) is 0 Å². The molecule has 0 aliphatic rings. The Labute approximate surface area is 183 Å². The van der Waals surface area contributed by atoms with E-state index in [-0.39, 0.29) is 12.5 Å². The van der Waals surface area contributed by atoms with Crippen LogP contribution < -0.4 is 10.6 Å². The highest BCUT2D eigenvalue weighted by Crippen LogP contribution is 2.27. The number of aryl methyl sites for hydroxylation is 1. The minimum absolute atomic E-state index is 0.203. The van der Waals surface area contributed by atoms with E-state index >= 15 is 0 Å². The maximum atomic E-state index is 12.5. The fourth-order valence-corrected chi connectivity index (χ4v) is 4.32. The highest BCUT2D eigenvalue weighted by atomic mass is 32.1. The van der Waals surface area contributed by atoms with Crippen molar-refractivity contribution in [2.45, 2.75) is 59.1 Å². The number of nitrogens with zero attached hydrogens (tertiary/aromatic N) is 2. The predicted molar refractivity (Wildman–Crippen MR) is 121 cm³/mol. The number of fused-ring (bicyclic) bond motifs is 1. The van der Waals surface area contributed by atoms with Crippen LogP contribution in [0.15, 0.2) is 23.6 Å². The standard InChI is InChI=1S/C21H26N4O3S2/c1-5-6-7-13-8-9-14-16(10-13)30-19(24-14)25-18(26)15-12-29-17(23-15)11-22-20(27)28-21(2,3)4/h8-10,12H,5-7,11H2,1-4H3,(H,22,27)(H,24,25,26). The molecule has 160 valence electrons. The summed E-state index contributed by atoms with van der Waals surface area (Å²) >= 11 is 2.76. The average molecular weight is 447 g/mol. The van der Waals surface area contributed by atoms with Crippen molar-refractivity contribution in [3.8, 4) is 0 Å². The van der Waals surface area contributed by atoms with Gasteiger partial charge in [-0.2, -0.15) is 0 Å². The topological polar surface area (TPSA) is 93.2 Å². The fourth-order valence-electron chi connectivity index (χ4n) is 2.68. The number of thiazole rings is 2. The first-order chi connectivity index (χ1) is 14.2. The fraction of sp³-hybridized carbons (Fsp3) is 0.429. The molecule has 0 aliphatic carbocycles. The van der Waals surface area contributed by atoms with Crippen molar-refractivity contribution in [1.29, 1.82) is 0 Å². The third-order valence-electron chi connectivity index (χ3n) is 4.06. The lowest BCUT2D eigenvalue weighted by molar-refractivity contribution is 0.0523. The first kappa shape index (κ1) is 22.2. The summed E-state index contributed by atoms with van der Waals surface area (Å²) in [5.41, 5.74) is 1.89. The van der Waals surface area contributed by atoms with Gasteiger partial charge in [0.25, 0.3) is 5.91 Å². The molecule has 0 bridgehead atoms. The Morgan fingerprint density at radius 3 is 2.73 bits per heavy atom. The minimum Gasteiger partial charge on any atom is -0.444 e. The van der Waals surface area contributed by atoms with Crippen LogP contribution in [0.25, 0.3) is 10.2 Å². The number of benzene rings is 1. The number of amides is 2. The Morgan fingerprint density at radius 2 is 2.00 bits per heavy atom. The minimum atomic E-state index is -0.563. The molecular weight excluding hydrogens is 420 g/mol. The second-order valence-electron chi connectivity index (χ2n) is 7.86. The lowest BCUT2D eigenvalue weighted by Crippen LogP contribution is -2.32. The second-order valence-corrected chi connectivity index (χ2v) is 9.83. The molecule has 0 saturated carbocycles. The summed E-state index contributed by atoms with van der Waals surface area (Å²) in [6, 6.07) is 6.23. The van der Waals surface area contributed by atoms with E-state index in [2.05, 4.69) is 39.7 Å². The van der Waals surface area contributed by atoms with Crippen LogP contribution in [0.3, 0.4) is 0 Å². The third-order valence-corrected chi connectivity index (χ3v) is 5.84. The van der Waals surface area contributed by atoms with E-state index in [4.69, 9.17) is 4.74 Å². The molecule has 0 atom stereocenters. The van der Waals surface area contributed by atoms with Crippen molar-refractivity contribution in [1.82, 2.24) is 15.3 Å². The van der Waals surface area contributed by atoms with Crippen LogP contribution in [0.2, 0.25) is 0 Å². The quantitative estimate of drug-likeness (QED) is 0.509. The number of carbonyl (C=O) groups is 2. The zero-order valence-electron chi connectivity index (χ0n) is 17.6. The Morgan fingerprint density at radius 1 is 1.20 bits per heavy atom. The maximum Gasteiger partial charge on any atom is 0.408 e. The zero-order chi connectivity index (χ0) is 21.7. The molecule has 0 aliphatic heterocycles. The molecule has 0 fully saturated rings. The Kier molecular flexibility index (Phi) is 7.04. The van der Waals surface area contributed by atoms with Crippen LogP contribution in [0, 0.1) is 0 Å². The number of unbranched alkanes of at least 4 members (excludes halogenated alkanes) is 1. The largest absolute Gasteiger partial charge is 0.444 e. The van der Waals surface area contributed by atoms with Crippen molar-refractivity contribution in [2.75, 3.05) is 5.32 Å². The van der Waals surface area contributed by atoms with Crippen LogP contribution in [-0.2, 0) is 17.7 Å². The van der Waals surface area contributed by atoms with Crippen molar-refractivity contribution in [3.05, 3.63) is 39.8 Å². The van der Waals surface area contributed by atoms with Crippen LogP contribution in [0.5, 0.6) is 0 Å². The zero-order valence-corrected chi connectivity index (χ0v) is 19.2. The van der Waals surface area contributed by atoms with E-state index in [0.29, 0.717) is 15.8 Å². The Bertz CT molecular complexity index is 1040. The average Bonchev–Trinajstić information content (AvgIpc) is 3.29. The molecule has 9 heteroatoms. The first-order valence-corrected chi connectivity index (χ1v) is 11.5. The summed E-state index contributed by atoms with van der Waals surface area (Å²) in [5, 5.41) is 8.29. The number of hydrogen-bond acceptors (Lipinski definition) is 7. The van der Waals surface area contributed by atoms with Crippen LogP contribution in [-0.4, -0.2) is 27.6 Å². The smallest absolute Gasteiger partial charge is 0.408 e. The molecule has 0 unspecified atom stereocenters. The van der Waals surface area contributed by atoms with Gasteiger partial charge in [-0.15, -0.1) is 11.3 Å². The van der Waals surface area contributed by atoms with Gasteiger partial charge in [0.1, 0.15) is 16.3 Å². The number of ether oxygens (including phenoxy) is 1. The molecule has 2 amide bonds. The van der Waals surface area contributed by atoms with E-state index in [1.807, 2.05) is 6.07 Å². The molecule has 2 heterocycles.